The zero-order valence-electron chi connectivity index (χ0n) is 16.4. The molecule has 0 aromatic heterocycles. The van der Waals surface area contributed by atoms with Crippen LogP contribution in [0.25, 0.3) is 11.1 Å². The van der Waals surface area contributed by atoms with Gasteiger partial charge in [-0.1, -0.05) is 83.3 Å². The summed E-state index contributed by atoms with van der Waals surface area (Å²) in [6.45, 7) is 0. The first kappa shape index (κ1) is 21.8. The average molecular weight is 477 g/mol. The average Bonchev–Trinajstić information content (AvgIpc) is 3.10. The molecule has 0 aliphatic carbocycles. The molecule has 3 aromatic carbocycles. The summed E-state index contributed by atoms with van der Waals surface area (Å²) in [5, 5.41) is 13.3. The SMILES string of the molecule is O=C(O)NC(Cc1ccccc1)CC1Cc2cccc(-c3c(Cl)cc(Cl)cc3Cl)c2O1. The van der Waals surface area contributed by atoms with Crippen molar-refractivity contribution in [2.75, 3.05) is 0 Å². The molecular weight excluding hydrogens is 457 g/mol. The van der Waals surface area contributed by atoms with Crippen molar-refractivity contribution in [3.05, 3.63) is 86.9 Å². The van der Waals surface area contributed by atoms with Crippen molar-refractivity contribution in [2.24, 2.45) is 0 Å². The second-order valence-corrected chi connectivity index (χ2v) is 8.80. The minimum absolute atomic E-state index is 0.165. The Morgan fingerprint density at radius 2 is 1.77 bits per heavy atom. The fourth-order valence-corrected chi connectivity index (χ4v) is 5.07. The Balaban J connectivity index is 1.57. The van der Waals surface area contributed by atoms with Crippen LogP contribution in [0.5, 0.6) is 5.75 Å². The zero-order valence-corrected chi connectivity index (χ0v) is 18.7. The first-order valence-electron chi connectivity index (χ1n) is 9.87. The number of fused-ring (bicyclic) bond motifs is 1. The number of nitrogens with one attached hydrogen (secondary N) is 1. The van der Waals surface area contributed by atoms with Gasteiger partial charge in [0.25, 0.3) is 0 Å². The third kappa shape index (κ3) is 5.09. The molecule has 0 spiro atoms. The van der Waals surface area contributed by atoms with E-state index in [4.69, 9.17) is 39.5 Å². The van der Waals surface area contributed by atoms with Gasteiger partial charge in [0.1, 0.15) is 11.9 Å². The Hall–Kier alpha value is -2.40. The lowest BCUT2D eigenvalue weighted by Crippen LogP contribution is -2.39. The molecule has 31 heavy (non-hydrogen) atoms. The number of ether oxygens (including phenoxy) is 1. The van der Waals surface area contributed by atoms with E-state index in [1.165, 1.54) is 0 Å². The monoisotopic (exact) mass is 475 g/mol. The highest BCUT2D eigenvalue weighted by Crippen LogP contribution is 2.45. The predicted octanol–water partition coefficient (Wildman–Crippen LogP) is 6.89. The van der Waals surface area contributed by atoms with Crippen molar-refractivity contribution in [1.82, 2.24) is 5.32 Å². The fraction of sp³-hybridized carbons (Fsp3) is 0.208. The summed E-state index contributed by atoms with van der Waals surface area (Å²) in [5.74, 6) is 0.729. The third-order valence-corrected chi connectivity index (χ3v) is 6.12. The minimum Gasteiger partial charge on any atom is -0.489 e. The van der Waals surface area contributed by atoms with Crippen molar-refractivity contribution in [3.63, 3.8) is 0 Å². The molecule has 0 bridgehead atoms. The lowest BCUT2D eigenvalue weighted by molar-refractivity contribution is 0.175. The first-order chi connectivity index (χ1) is 14.9. The molecule has 4 rings (SSSR count). The Bertz CT molecular complexity index is 1080. The quantitative estimate of drug-likeness (QED) is 0.407. The summed E-state index contributed by atoms with van der Waals surface area (Å²) in [6.07, 6.45) is 0.597. The molecule has 0 saturated heterocycles. The number of benzene rings is 3. The normalized spacial score (nSPS) is 15.8. The Labute approximate surface area is 195 Å². The summed E-state index contributed by atoms with van der Waals surface area (Å²) in [4.78, 5) is 11.3. The molecule has 7 heteroatoms. The van der Waals surface area contributed by atoms with Crippen molar-refractivity contribution >= 4 is 40.9 Å². The van der Waals surface area contributed by atoms with Crippen LogP contribution in [-0.2, 0) is 12.8 Å². The molecule has 2 atom stereocenters. The molecule has 0 radical (unpaired) electrons. The number of amides is 1. The van der Waals surface area contributed by atoms with Gasteiger partial charge >= 0.3 is 6.09 Å². The van der Waals surface area contributed by atoms with Gasteiger partial charge in [0.15, 0.2) is 0 Å². The molecular formula is C24H20Cl3NO3. The molecule has 1 aliphatic rings. The van der Waals surface area contributed by atoms with E-state index >= 15 is 0 Å². The molecule has 1 aliphatic heterocycles. The Morgan fingerprint density at radius 1 is 1.06 bits per heavy atom. The van der Waals surface area contributed by atoms with Gasteiger partial charge in [-0.3, -0.25) is 0 Å². The van der Waals surface area contributed by atoms with Crippen molar-refractivity contribution < 1.29 is 14.6 Å². The summed E-state index contributed by atoms with van der Waals surface area (Å²) in [7, 11) is 0. The smallest absolute Gasteiger partial charge is 0.404 e. The van der Waals surface area contributed by atoms with Crippen LogP contribution in [0.1, 0.15) is 17.5 Å². The van der Waals surface area contributed by atoms with Crippen LogP contribution >= 0.6 is 34.8 Å². The zero-order chi connectivity index (χ0) is 22.0. The first-order valence-corrected chi connectivity index (χ1v) is 11.0. The molecule has 2 unspecified atom stereocenters. The van der Waals surface area contributed by atoms with Gasteiger partial charge in [0, 0.05) is 35.0 Å². The Kier molecular flexibility index (Phi) is 6.61. The van der Waals surface area contributed by atoms with E-state index in [0.717, 1.165) is 22.4 Å². The van der Waals surface area contributed by atoms with Crippen molar-refractivity contribution in [3.8, 4) is 16.9 Å². The number of halogens is 3. The van der Waals surface area contributed by atoms with E-state index in [2.05, 4.69) is 5.32 Å². The van der Waals surface area contributed by atoms with Gasteiger partial charge in [0.05, 0.1) is 10.0 Å². The molecule has 0 fully saturated rings. The fourth-order valence-electron chi connectivity index (χ4n) is 4.05. The summed E-state index contributed by atoms with van der Waals surface area (Å²) < 4.78 is 6.30. The number of hydrogen-bond acceptors (Lipinski definition) is 2. The van der Waals surface area contributed by atoms with E-state index in [9.17, 15) is 9.90 Å². The van der Waals surface area contributed by atoms with Crippen molar-refractivity contribution in [1.29, 1.82) is 0 Å². The summed E-state index contributed by atoms with van der Waals surface area (Å²) in [6, 6.07) is 18.7. The molecule has 0 saturated carbocycles. The Morgan fingerprint density at radius 3 is 2.45 bits per heavy atom. The van der Waals surface area contributed by atoms with E-state index in [1.54, 1.807) is 12.1 Å². The van der Waals surface area contributed by atoms with Gasteiger partial charge in [-0.05, 0) is 29.7 Å². The van der Waals surface area contributed by atoms with E-state index < -0.39 is 6.09 Å². The van der Waals surface area contributed by atoms with Crippen LogP contribution in [0.3, 0.4) is 0 Å². The third-order valence-electron chi connectivity index (χ3n) is 5.30. The maximum absolute atomic E-state index is 11.3. The van der Waals surface area contributed by atoms with Crippen molar-refractivity contribution in [2.45, 2.75) is 31.4 Å². The number of carboxylic acid groups (broad SMARTS) is 1. The standard InChI is InChI=1S/C24H20Cl3NO3/c25-16-11-20(26)22(21(27)12-16)19-8-4-7-15-10-18(31-23(15)19)13-17(28-24(29)30)9-14-5-2-1-3-6-14/h1-8,11-12,17-18,28H,9-10,13H2,(H,29,30). The van der Waals surface area contributed by atoms with Gasteiger partial charge in [-0.2, -0.15) is 0 Å². The highest BCUT2D eigenvalue weighted by Gasteiger charge is 2.30. The van der Waals surface area contributed by atoms with Crippen LogP contribution in [-0.4, -0.2) is 23.3 Å². The van der Waals surface area contributed by atoms with Gasteiger partial charge in [-0.15, -0.1) is 0 Å². The highest BCUT2D eigenvalue weighted by molar-refractivity contribution is 6.42. The molecule has 160 valence electrons. The number of para-hydroxylation sites is 1. The number of rotatable bonds is 6. The summed E-state index contributed by atoms with van der Waals surface area (Å²) in [5.41, 5.74) is 3.59. The second kappa shape index (κ2) is 9.39. The minimum atomic E-state index is -1.04. The molecule has 4 nitrogen and oxygen atoms in total. The van der Waals surface area contributed by atoms with E-state index in [0.29, 0.717) is 39.9 Å². The van der Waals surface area contributed by atoms with Crippen LogP contribution in [0, 0.1) is 0 Å². The number of carbonyl (C=O) groups is 1. The molecule has 2 N–H and O–H groups in total. The van der Waals surface area contributed by atoms with E-state index in [-0.39, 0.29) is 12.1 Å². The van der Waals surface area contributed by atoms with Gasteiger partial charge < -0.3 is 15.2 Å². The largest absolute Gasteiger partial charge is 0.489 e. The van der Waals surface area contributed by atoms with Crippen LogP contribution in [0.4, 0.5) is 4.79 Å². The topological polar surface area (TPSA) is 58.6 Å². The maximum atomic E-state index is 11.3. The van der Waals surface area contributed by atoms with Gasteiger partial charge in [-0.25, -0.2) is 4.79 Å². The molecule has 1 heterocycles. The maximum Gasteiger partial charge on any atom is 0.404 e. The van der Waals surface area contributed by atoms with E-state index in [1.807, 2.05) is 48.5 Å². The molecule has 3 aromatic rings. The molecule has 1 amide bonds. The second-order valence-electron chi connectivity index (χ2n) is 7.55. The lowest BCUT2D eigenvalue weighted by Gasteiger charge is -2.21. The highest BCUT2D eigenvalue weighted by atomic mass is 35.5. The summed E-state index contributed by atoms with van der Waals surface area (Å²) >= 11 is 18.9. The number of hydrogen-bond donors (Lipinski definition) is 2. The van der Waals surface area contributed by atoms with Gasteiger partial charge in [0.2, 0.25) is 0 Å². The predicted molar refractivity (Wildman–Crippen MR) is 125 cm³/mol. The lowest BCUT2D eigenvalue weighted by atomic mass is 9.97. The van der Waals surface area contributed by atoms with Crippen LogP contribution < -0.4 is 10.1 Å². The van der Waals surface area contributed by atoms with Crippen LogP contribution in [0.15, 0.2) is 60.7 Å². The van der Waals surface area contributed by atoms with Crippen LogP contribution in [0.2, 0.25) is 15.1 Å².